The largest absolute Gasteiger partial charge is 2.00 e. The third-order valence-electron chi connectivity index (χ3n) is 2.41. The van der Waals surface area contributed by atoms with E-state index < -0.39 is 20.5 Å². The number of aromatic nitrogens is 2. The Morgan fingerprint density at radius 2 is 0.698 bits per heavy atom. The van der Waals surface area contributed by atoms with Gasteiger partial charge < -0.3 is 33.0 Å². The van der Waals surface area contributed by atoms with Crippen LogP contribution in [-0.2, 0) is 26.7 Å². The van der Waals surface area contributed by atoms with Crippen molar-refractivity contribution in [3.63, 3.8) is 0 Å². The Balaban J connectivity index is -0.000000144. The quantitative estimate of drug-likeness (QED) is 0.0993. The summed E-state index contributed by atoms with van der Waals surface area (Å²) in [6, 6.07) is 10.8. The van der Waals surface area contributed by atoms with Crippen LogP contribution < -0.4 is 60.6 Å². The molecule has 1 radical (unpaired) electrons. The maximum Gasteiger partial charge on any atom is 2.00 e. The van der Waals surface area contributed by atoms with E-state index in [0.29, 0.717) is 22.8 Å². The number of hydrogen-bond acceptors (Lipinski definition) is 20. The van der Waals surface area contributed by atoms with Crippen molar-refractivity contribution in [3.05, 3.63) is 59.2 Å². The molecule has 0 aromatic carbocycles. The van der Waals surface area contributed by atoms with Crippen LogP contribution in [-0.4, -0.2) is 46.4 Å². The molecule has 0 saturated heterocycles. The van der Waals surface area contributed by atoms with Crippen molar-refractivity contribution in [3.8, 4) is 0 Å². The van der Waals surface area contributed by atoms with Gasteiger partial charge in [-0.05, 0) is 52.0 Å². The fourth-order valence-electron chi connectivity index (χ4n) is 1.53. The van der Waals surface area contributed by atoms with Gasteiger partial charge in [0.05, 0.1) is 47.6 Å². The summed E-state index contributed by atoms with van der Waals surface area (Å²) in [6.45, 7) is 6.11. The molecule has 2 rings (SSSR count). The minimum Gasteiger partial charge on any atom is -0.323 e. The zero-order valence-electron chi connectivity index (χ0n) is 22.9. The van der Waals surface area contributed by atoms with Gasteiger partial charge in [0.2, 0.25) is 0 Å². The van der Waals surface area contributed by atoms with Crippen LogP contribution >= 0.6 is 0 Å². The minimum absolute atomic E-state index is 0. The number of Topliss-reactive ketones (excluding diaryl/α,β-unsaturated/α-hetero) is 2. The zero-order chi connectivity index (χ0) is 33.8. The normalized spacial score (nSPS) is 10.3. The molecule has 2 aromatic heterocycles. The number of hydrazone groups is 4. The third-order valence-corrected chi connectivity index (χ3v) is 2.41. The Morgan fingerprint density at radius 3 is 0.814 bits per heavy atom. The number of pyridine rings is 2. The summed E-state index contributed by atoms with van der Waals surface area (Å²) < 4.78 is 67.9. The first kappa shape index (κ1) is 49.0. The van der Waals surface area contributed by atoms with Gasteiger partial charge in [-0.2, -0.15) is 20.4 Å². The molecule has 0 spiro atoms. The summed E-state index contributed by atoms with van der Waals surface area (Å²) in [7, 11) is -9.89. The minimum atomic E-state index is -4.94. The Hall–Kier alpha value is -3.70. The van der Waals surface area contributed by atoms with E-state index in [1.165, 1.54) is 52.6 Å². The summed E-state index contributed by atoms with van der Waals surface area (Å²) in [6.07, 6.45) is 5.81. The van der Waals surface area contributed by atoms with E-state index in [4.69, 9.17) is 60.6 Å². The van der Waals surface area contributed by atoms with Crippen LogP contribution in [0.1, 0.15) is 50.5 Å². The Morgan fingerprint density at radius 1 is 0.558 bits per heavy atom. The molecule has 43 heavy (non-hydrogen) atoms. The van der Waals surface area contributed by atoms with Crippen LogP contribution in [0.25, 0.3) is 0 Å². The second kappa shape index (κ2) is 29.8. The van der Waals surface area contributed by atoms with Gasteiger partial charge >= 0.3 is 17.1 Å². The molecule has 0 aliphatic carbocycles. The van der Waals surface area contributed by atoms with E-state index in [0.717, 1.165) is 0 Å². The smallest absolute Gasteiger partial charge is 0.323 e. The van der Waals surface area contributed by atoms with E-state index in [-0.39, 0.29) is 28.6 Å². The summed E-state index contributed by atoms with van der Waals surface area (Å²) in [5.41, 5.74) is 2.70. The van der Waals surface area contributed by atoms with Crippen LogP contribution in [0.15, 0.2) is 56.8 Å². The van der Waals surface area contributed by atoms with Crippen LogP contribution in [0.2, 0.25) is 0 Å². The standard InChI is InChI=1S/2C7H9N5.2C3H6O.2ClHO4.Cu/c2*8-10-4-6-2-1-3-7(12-6)5-11-9;2*1-3(2)4;2*2-1(3,4)5;/h2*1-5H,8-9H2;2*1-2H3;2*(H,2,3,4,5);/q;;;;;;+2/p-2/b2*10-4+,11-5+;;;;;. The SMILES string of the molecule is CC(C)=O.CC(C)=O.N/N=C/c1cccc(/C=N/N)n1.N/N=C/c1cccc(/C=N/N)n1.[Cu+2].[O-][Cl+3]([O-])([O-])[O-].[O-][Cl+3]([O-])([O-])[O-]. The number of carbonyl (C=O) groups excluding carboxylic acids is 2. The van der Waals surface area contributed by atoms with Crippen molar-refractivity contribution in [2.75, 3.05) is 0 Å². The van der Waals surface area contributed by atoms with Crippen molar-refractivity contribution in [2.45, 2.75) is 27.7 Å². The Bertz CT molecular complexity index is 970. The molecule has 20 nitrogen and oxygen atoms in total. The maximum atomic E-state index is 9.44. The molecular formula is C20H30Cl2CuN10O10. The molecule has 8 N–H and O–H groups in total. The molecule has 0 fully saturated rings. The molecule has 0 saturated carbocycles. The summed E-state index contributed by atoms with van der Waals surface area (Å²) in [5, 5.41) is 13.4. The van der Waals surface area contributed by atoms with E-state index in [1.54, 1.807) is 24.3 Å². The van der Waals surface area contributed by atoms with Gasteiger partial charge in [-0.1, -0.05) is 12.1 Å². The van der Waals surface area contributed by atoms with Gasteiger partial charge in [-0.3, -0.25) is 0 Å². The number of rotatable bonds is 4. The average Bonchev–Trinajstić information content (AvgIpc) is 2.78. The summed E-state index contributed by atoms with van der Waals surface area (Å²) >= 11 is 0. The van der Waals surface area contributed by atoms with Gasteiger partial charge in [0.25, 0.3) is 0 Å². The van der Waals surface area contributed by atoms with Crippen molar-refractivity contribution in [2.24, 2.45) is 43.8 Å². The third kappa shape index (κ3) is 63.0. The van der Waals surface area contributed by atoms with E-state index in [2.05, 4.69) is 30.4 Å². The van der Waals surface area contributed by atoms with Crippen molar-refractivity contribution < 1.29 is 84.4 Å². The molecular weight excluding hydrogens is 675 g/mol. The Labute approximate surface area is 261 Å². The molecule has 0 amide bonds. The summed E-state index contributed by atoms with van der Waals surface area (Å²) in [4.78, 5) is 27.1. The topological polar surface area (TPSA) is 398 Å². The van der Waals surface area contributed by atoms with Gasteiger partial charge in [-0.15, -0.1) is 20.5 Å². The number of nitrogens with zero attached hydrogens (tertiary/aromatic N) is 6. The number of carbonyl (C=O) groups is 2. The van der Waals surface area contributed by atoms with Crippen LogP contribution in [0.3, 0.4) is 0 Å². The first-order chi connectivity index (χ1) is 19.2. The predicted molar refractivity (Wildman–Crippen MR) is 128 cm³/mol. The fraction of sp³-hybridized carbons (Fsp3) is 0.200. The molecule has 0 aliphatic heterocycles. The number of ketones is 2. The zero-order valence-corrected chi connectivity index (χ0v) is 25.4. The van der Waals surface area contributed by atoms with E-state index in [1.807, 2.05) is 12.1 Å². The number of halogens is 2. The molecule has 0 unspecified atom stereocenters. The van der Waals surface area contributed by atoms with Crippen LogP contribution in [0, 0.1) is 20.5 Å². The Kier molecular flexibility index (Phi) is 33.9. The van der Waals surface area contributed by atoms with Gasteiger partial charge in [0, 0.05) is 0 Å². The van der Waals surface area contributed by atoms with Crippen LogP contribution in [0.4, 0.5) is 0 Å². The molecule has 0 bridgehead atoms. The fourth-order valence-corrected chi connectivity index (χ4v) is 1.53. The van der Waals surface area contributed by atoms with Crippen molar-refractivity contribution in [1.82, 2.24) is 9.97 Å². The second-order valence-corrected chi connectivity index (χ2v) is 8.17. The average molecular weight is 705 g/mol. The van der Waals surface area contributed by atoms with Gasteiger partial charge in [-0.25, -0.2) is 47.2 Å². The van der Waals surface area contributed by atoms with Gasteiger partial charge in [0.1, 0.15) is 11.6 Å². The number of hydrogen-bond donors (Lipinski definition) is 4. The first-order valence-corrected chi connectivity index (χ1v) is 12.7. The maximum absolute atomic E-state index is 9.44. The molecule has 0 atom stereocenters. The van der Waals surface area contributed by atoms with Gasteiger partial charge in [0.15, 0.2) is 0 Å². The predicted octanol–water partition coefficient (Wildman–Crippen LogP) is -8.99. The molecule has 0 aliphatic rings. The first-order valence-electron chi connectivity index (χ1n) is 10.2. The molecule has 23 heteroatoms. The van der Waals surface area contributed by atoms with E-state index >= 15 is 0 Å². The molecule has 245 valence electrons. The monoisotopic (exact) mass is 703 g/mol. The van der Waals surface area contributed by atoms with E-state index in [9.17, 15) is 9.59 Å². The summed E-state index contributed by atoms with van der Waals surface area (Å²) in [5.74, 6) is 20.2. The van der Waals surface area contributed by atoms with Crippen molar-refractivity contribution in [1.29, 1.82) is 0 Å². The molecule has 2 aromatic rings. The molecule has 2 heterocycles. The number of nitrogens with two attached hydrogens (primary N) is 4. The van der Waals surface area contributed by atoms with Crippen LogP contribution in [0.5, 0.6) is 0 Å². The second-order valence-electron chi connectivity index (χ2n) is 6.66. The van der Waals surface area contributed by atoms with Crippen molar-refractivity contribution >= 4 is 36.4 Å².